The SMILES string of the molecule is CC(CCl)C(=O)Nc1c(Cl)ncnc1Cl. The molecule has 1 atom stereocenters. The Labute approximate surface area is 102 Å². The second-order valence-electron chi connectivity index (χ2n) is 2.87. The van der Waals surface area contributed by atoms with Gasteiger partial charge in [0.15, 0.2) is 10.3 Å². The quantitative estimate of drug-likeness (QED) is 0.677. The molecule has 0 saturated carbocycles. The summed E-state index contributed by atoms with van der Waals surface area (Å²) >= 11 is 17.0. The Bertz CT molecular complexity index is 352. The highest BCUT2D eigenvalue weighted by Gasteiger charge is 2.16. The molecule has 7 heteroatoms. The minimum Gasteiger partial charge on any atom is -0.321 e. The zero-order valence-corrected chi connectivity index (χ0v) is 10.1. The van der Waals surface area contributed by atoms with E-state index in [-0.39, 0.29) is 33.7 Å². The van der Waals surface area contributed by atoms with Crippen molar-refractivity contribution in [2.75, 3.05) is 11.2 Å². The molecule has 1 aromatic heterocycles. The fourth-order valence-electron chi connectivity index (χ4n) is 0.764. The van der Waals surface area contributed by atoms with Crippen molar-refractivity contribution in [2.45, 2.75) is 6.92 Å². The largest absolute Gasteiger partial charge is 0.321 e. The summed E-state index contributed by atoms with van der Waals surface area (Å²) in [6.07, 6.45) is 1.21. The number of halogens is 3. The average Bonchev–Trinajstić information content (AvgIpc) is 2.22. The fourth-order valence-corrected chi connectivity index (χ4v) is 1.31. The lowest BCUT2D eigenvalue weighted by Crippen LogP contribution is -2.22. The smallest absolute Gasteiger partial charge is 0.228 e. The van der Waals surface area contributed by atoms with E-state index < -0.39 is 0 Å². The molecule has 1 N–H and O–H groups in total. The first-order valence-electron chi connectivity index (χ1n) is 4.09. The highest BCUT2D eigenvalue weighted by molar-refractivity contribution is 6.38. The van der Waals surface area contributed by atoms with E-state index in [1.165, 1.54) is 6.33 Å². The molecule has 4 nitrogen and oxygen atoms in total. The van der Waals surface area contributed by atoms with Crippen molar-refractivity contribution in [3.05, 3.63) is 16.6 Å². The molecule has 1 heterocycles. The van der Waals surface area contributed by atoms with Crippen LogP contribution in [0.2, 0.25) is 10.3 Å². The number of amides is 1. The maximum atomic E-state index is 11.5. The van der Waals surface area contributed by atoms with E-state index in [0.717, 1.165) is 0 Å². The number of hydrogen-bond donors (Lipinski definition) is 1. The minimum atomic E-state index is -0.334. The molecule has 1 rings (SSSR count). The van der Waals surface area contributed by atoms with Crippen LogP contribution < -0.4 is 5.32 Å². The number of anilines is 1. The summed E-state index contributed by atoms with van der Waals surface area (Å²) in [6, 6.07) is 0. The first-order chi connectivity index (χ1) is 7.06. The third kappa shape index (κ3) is 3.19. The maximum absolute atomic E-state index is 11.5. The molecular weight excluding hydrogens is 260 g/mol. The van der Waals surface area contributed by atoms with Crippen LogP contribution in [-0.4, -0.2) is 21.8 Å². The van der Waals surface area contributed by atoms with Crippen molar-refractivity contribution in [3.63, 3.8) is 0 Å². The van der Waals surface area contributed by atoms with Crippen LogP contribution in [0.25, 0.3) is 0 Å². The Kier molecular flexibility index (Phi) is 4.57. The predicted octanol–water partition coefficient (Wildman–Crippen LogP) is 2.60. The number of nitrogens with zero attached hydrogens (tertiary/aromatic N) is 2. The first-order valence-corrected chi connectivity index (χ1v) is 5.38. The fraction of sp³-hybridized carbons (Fsp3) is 0.375. The van der Waals surface area contributed by atoms with Crippen LogP contribution in [0.5, 0.6) is 0 Å². The Balaban J connectivity index is 2.85. The molecule has 0 aliphatic rings. The van der Waals surface area contributed by atoms with Gasteiger partial charge in [0.2, 0.25) is 5.91 Å². The van der Waals surface area contributed by atoms with Gasteiger partial charge in [0, 0.05) is 11.8 Å². The third-order valence-electron chi connectivity index (χ3n) is 1.68. The van der Waals surface area contributed by atoms with Gasteiger partial charge >= 0.3 is 0 Å². The van der Waals surface area contributed by atoms with Crippen molar-refractivity contribution in [1.29, 1.82) is 0 Å². The molecular formula is C8H8Cl3N3O. The van der Waals surface area contributed by atoms with Crippen LogP contribution >= 0.6 is 34.8 Å². The van der Waals surface area contributed by atoms with Gasteiger partial charge in [0.25, 0.3) is 0 Å². The van der Waals surface area contributed by atoms with E-state index >= 15 is 0 Å². The number of alkyl halides is 1. The summed E-state index contributed by atoms with van der Waals surface area (Å²) < 4.78 is 0. The Morgan fingerprint density at radius 1 is 1.47 bits per heavy atom. The summed E-state index contributed by atoms with van der Waals surface area (Å²) in [4.78, 5) is 18.9. The van der Waals surface area contributed by atoms with Gasteiger partial charge in [-0.05, 0) is 0 Å². The van der Waals surface area contributed by atoms with Crippen LogP contribution in [0.4, 0.5) is 5.69 Å². The van der Waals surface area contributed by atoms with Gasteiger partial charge in [-0.25, -0.2) is 9.97 Å². The van der Waals surface area contributed by atoms with E-state index in [1.54, 1.807) is 6.92 Å². The van der Waals surface area contributed by atoms with Crippen molar-refractivity contribution in [3.8, 4) is 0 Å². The average molecular weight is 269 g/mol. The van der Waals surface area contributed by atoms with Crippen molar-refractivity contribution in [1.82, 2.24) is 9.97 Å². The van der Waals surface area contributed by atoms with Crippen LogP contribution in [-0.2, 0) is 4.79 Å². The van der Waals surface area contributed by atoms with E-state index in [4.69, 9.17) is 34.8 Å². The molecule has 0 spiro atoms. The summed E-state index contributed by atoms with van der Waals surface area (Å²) in [5, 5.41) is 2.72. The molecule has 15 heavy (non-hydrogen) atoms. The van der Waals surface area contributed by atoms with Crippen molar-refractivity contribution >= 4 is 46.4 Å². The van der Waals surface area contributed by atoms with Gasteiger partial charge in [0.05, 0.1) is 0 Å². The van der Waals surface area contributed by atoms with Gasteiger partial charge in [-0.2, -0.15) is 0 Å². The molecule has 1 amide bonds. The first kappa shape index (κ1) is 12.5. The molecule has 0 fully saturated rings. The summed E-state index contributed by atoms with van der Waals surface area (Å²) in [5.74, 6) is -0.392. The van der Waals surface area contributed by atoms with Gasteiger partial charge in [-0.3, -0.25) is 4.79 Å². The zero-order valence-electron chi connectivity index (χ0n) is 7.80. The number of carbonyl (C=O) groups is 1. The standard InChI is InChI=1S/C8H8Cl3N3O/c1-4(2-9)8(15)14-5-6(10)12-3-13-7(5)11/h3-4H,2H2,1H3,(H,14,15). The maximum Gasteiger partial charge on any atom is 0.228 e. The number of carbonyl (C=O) groups excluding carboxylic acids is 1. The van der Waals surface area contributed by atoms with Gasteiger partial charge in [-0.1, -0.05) is 30.1 Å². The molecule has 1 aromatic rings. The van der Waals surface area contributed by atoms with E-state index in [0.29, 0.717) is 0 Å². The predicted molar refractivity (Wildman–Crippen MR) is 60.6 cm³/mol. The minimum absolute atomic E-state index is 0.102. The number of nitrogens with one attached hydrogen (secondary N) is 1. The normalized spacial score (nSPS) is 12.3. The summed E-state index contributed by atoms with van der Waals surface area (Å²) in [7, 11) is 0. The van der Waals surface area contributed by atoms with E-state index in [9.17, 15) is 4.79 Å². The second kappa shape index (κ2) is 5.49. The lowest BCUT2D eigenvalue weighted by Gasteiger charge is -2.10. The molecule has 0 aliphatic carbocycles. The third-order valence-corrected chi connectivity index (χ3v) is 2.72. The Morgan fingerprint density at radius 3 is 2.47 bits per heavy atom. The van der Waals surface area contributed by atoms with Gasteiger partial charge in [0.1, 0.15) is 12.0 Å². The van der Waals surface area contributed by atoms with E-state index in [1.807, 2.05) is 0 Å². The zero-order chi connectivity index (χ0) is 11.4. The number of rotatable bonds is 3. The van der Waals surface area contributed by atoms with Crippen LogP contribution in [0, 0.1) is 5.92 Å². The highest BCUT2D eigenvalue weighted by atomic mass is 35.5. The Morgan fingerprint density at radius 2 is 2.00 bits per heavy atom. The van der Waals surface area contributed by atoms with E-state index in [2.05, 4.69) is 15.3 Å². The molecule has 0 aliphatic heterocycles. The monoisotopic (exact) mass is 267 g/mol. The number of hydrogen-bond acceptors (Lipinski definition) is 3. The van der Waals surface area contributed by atoms with Gasteiger partial charge < -0.3 is 5.32 Å². The molecule has 0 bridgehead atoms. The van der Waals surface area contributed by atoms with Crippen LogP contribution in [0.1, 0.15) is 6.92 Å². The van der Waals surface area contributed by atoms with Crippen LogP contribution in [0.15, 0.2) is 6.33 Å². The lowest BCUT2D eigenvalue weighted by molar-refractivity contribution is -0.118. The van der Waals surface area contributed by atoms with Crippen LogP contribution in [0.3, 0.4) is 0 Å². The Hall–Kier alpha value is -0.580. The highest BCUT2D eigenvalue weighted by Crippen LogP contribution is 2.26. The summed E-state index contributed by atoms with van der Waals surface area (Å²) in [6.45, 7) is 1.69. The molecule has 0 aromatic carbocycles. The van der Waals surface area contributed by atoms with Gasteiger partial charge in [-0.15, -0.1) is 11.6 Å². The summed E-state index contributed by atoms with van der Waals surface area (Å²) in [5.41, 5.74) is 0.211. The molecule has 82 valence electrons. The topological polar surface area (TPSA) is 54.9 Å². The molecule has 0 radical (unpaired) electrons. The lowest BCUT2D eigenvalue weighted by atomic mass is 10.2. The molecule has 0 saturated heterocycles. The van der Waals surface area contributed by atoms with Crippen molar-refractivity contribution in [2.24, 2.45) is 5.92 Å². The van der Waals surface area contributed by atoms with Crippen molar-refractivity contribution < 1.29 is 4.79 Å². The molecule has 1 unspecified atom stereocenters. The second-order valence-corrected chi connectivity index (χ2v) is 3.90. The number of aromatic nitrogens is 2.